The first-order chi connectivity index (χ1) is 11.6. The summed E-state index contributed by atoms with van der Waals surface area (Å²) in [6, 6.07) is 16.2. The van der Waals surface area contributed by atoms with E-state index in [1.54, 1.807) is 36.6 Å². The molecule has 0 saturated carbocycles. The zero-order chi connectivity index (χ0) is 16.9. The van der Waals surface area contributed by atoms with E-state index in [1.807, 2.05) is 30.3 Å². The highest BCUT2D eigenvalue weighted by molar-refractivity contribution is 6.08. The minimum Gasteiger partial charge on any atom is -0.278 e. The van der Waals surface area contributed by atoms with Gasteiger partial charge in [0.05, 0.1) is 6.21 Å². The van der Waals surface area contributed by atoms with Crippen molar-refractivity contribution in [3.8, 4) is 0 Å². The van der Waals surface area contributed by atoms with Gasteiger partial charge in [-0.1, -0.05) is 36.9 Å². The van der Waals surface area contributed by atoms with Crippen LogP contribution in [0.4, 0.5) is 5.69 Å². The van der Waals surface area contributed by atoms with Gasteiger partial charge in [0.15, 0.2) is 0 Å². The fraction of sp³-hybridized carbons (Fsp3) is 0. The van der Waals surface area contributed by atoms with Crippen molar-refractivity contribution >= 4 is 23.7 Å². The Balaban J connectivity index is 1.65. The van der Waals surface area contributed by atoms with Gasteiger partial charge in [-0.15, -0.1) is 0 Å². The zero-order valence-corrected chi connectivity index (χ0v) is 12.8. The predicted molar refractivity (Wildman–Crippen MR) is 93.7 cm³/mol. The van der Waals surface area contributed by atoms with Crippen molar-refractivity contribution in [3.05, 3.63) is 90.2 Å². The van der Waals surface area contributed by atoms with Gasteiger partial charge >= 0.3 is 0 Å². The first-order valence-corrected chi connectivity index (χ1v) is 7.35. The summed E-state index contributed by atoms with van der Waals surface area (Å²) in [7, 11) is 0. The van der Waals surface area contributed by atoms with Crippen LogP contribution in [0, 0.1) is 0 Å². The maximum atomic E-state index is 12.1. The molecule has 0 fully saturated rings. The number of allylic oxidation sites excluding steroid dienone is 1. The number of benzene rings is 2. The molecule has 0 radical (unpaired) electrons. The van der Waals surface area contributed by atoms with E-state index < -0.39 is 0 Å². The summed E-state index contributed by atoms with van der Waals surface area (Å²) >= 11 is 0. The van der Waals surface area contributed by atoms with Crippen LogP contribution in [0.2, 0.25) is 0 Å². The molecular weight excluding hydrogens is 302 g/mol. The Kier molecular flexibility index (Phi) is 4.34. The SMILES string of the molecule is C=C1C=CC(=O)N1c1ccc(C(=O)N/N=C/c2ccccc2)cc1. The largest absolute Gasteiger partial charge is 0.278 e. The number of hydrazone groups is 1. The van der Waals surface area contributed by atoms with Crippen molar-refractivity contribution in [1.29, 1.82) is 0 Å². The molecule has 5 nitrogen and oxygen atoms in total. The molecule has 2 amide bonds. The van der Waals surface area contributed by atoms with Gasteiger partial charge < -0.3 is 0 Å². The third-order valence-electron chi connectivity index (χ3n) is 3.49. The summed E-state index contributed by atoms with van der Waals surface area (Å²) in [5.74, 6) is -0.469. The van der Waals surface area contributed by atoms with Gasteiger partial charge in [-0.25, -0.2) is 5.43 Å². The molecule has 5 heteroatoms. The Hall–Kier alpha value is -3.47. The van der Waals surface area contributed by atoms with Crippen molar-refractivity contribution in [1.82, 2.24) is 5.43 Å². The van der Waals surface area contributed by atoms with E-state index in [1.165, 1.54) is 11.0 Å². The lowest BCUT2D eigenvalue weighted by Gasteiger charge is -2.17. The molecule has 0 spiro atoms. The molecule has 1 heterocycles. The summed E-state index contributed by atoms with van der Waals surface area (Å²) in [6.45, 7) is 3.81. The van der Waals surface area contributed by atoms with Crippen LogP contribution >= 0.6 is 0 Å². The lowest BCUT2D eigenvalue weighted by atomic mass is 10.2. The molecular formula is C19H15N3O2. The quantitative estimate of drug-likeness (QED) is 0.696. The number of carbonyl (C=O) groups excluding carboxylic acids is 2. The summed E-state index contributed by atoms with van der Waals surface area (Å²) in [6.07, 6.45) is 4.69. The molecule has 3 rings (SSSR count). The molecule has 1 aliphatic rings. The van der Waals surface area contributed by atoms with Gasteiger partial charge in [-0.3, -0.25) is 14.5 Å². The third kappa shape index (κ3) is 3.30. The van der Waals surface area contributed by atoms with E-state index in [2.05, 4.69) is 17.1 Å². The van der Waals surface area contributed by atoms with Gasteiger partial charge in [-0.2, -0.15) is 5.10 Å². The van der Waals surface area contributed by atoms with Gasteiger partial charge in [0.1, 0.15) is 0 Å². The number of hydrogen-bond acceptors (Lipinski definition) is 3. The standard InChI is InChI=1S/C19H15N3O2/c1-14-7-12-18(23)22(14)17-10-8-16(9-11-17)19(24)21-20-13-15-5-3-2-4-6-15/h2-13H,1H2,(H,21,24)/b20-13+. The molecule has 0 aromatic heterocycles. The number of rotatable bonds is 4. The Labute approximate surface area is 139 Å². The summed E-state index contributed by atoms with van der Waals surface area (Å²) in [4.78, 5) is 25.3. The van der Waals surface area contributed by atoms with Crippen LogP contribution in [0.3, 0.4) is 0 Å². The molecule has 2 aromatic carbocycles. The highest BCUT2D eigenvalue weighted by atomic mass is 16.2. The van der Waals surface area contributed by atoms with Crippen LogP contribution in [0.5, 0.6) is 0 Å². The van der Waals surface area contributed by atoms with Crippen molar-refractivity contribution < 1.29 is 9.59 Å². The minimum absolute atomic E-state index is 0.148. The van der Waals surface area contributed by atoms with E-state index >= 15 is 0 Å². The highest BCUT2D eigenvalue weighted by Gasteiger charge is 2.20. The predicted octanol–water partition coefficient (Wildman–Crippen LogP) is 2.87. The van der Waals surface area contributed by atoms with E-state index in [-0.39, 0.29) is 11.8 Å². The third-order valence-corrected chi connectivity index (χ3v) is 3.49. The summed E-state index contributed by atoms with van der Waals surface area (Å²) in [5.41, 5.74) is 5.09. The summed E-state index contributed by atoms with van der Waals surface area (Å²) < 4.78 is 0. The van der Waals surface area contributed by atoms with Crippen LogP contribution in [-0.4, -0.2) is 18.0 Å². The molecule has 1 aliphatic heterocycles. The van der Waals surface area contributed by atoms with E-state index in [0.29, 0.717) is 16.9 Å². The average molecular weight is 317 g/mol. The molecule has 118 valence electrons. The Bertz CT molecular complexity index is 819. The minimum atomic E-state index is -0.321. The Morgan fingerprint density at radius 3 is 2.38 bits per heavy atom. The van der Waals surface area contributed by atoms with Gasteiger partial charge in [0, 0.05) is 23.0 Å². The molecule has 2 aromatic rings. The van der Waals surface area contributed by atoms with E-state index in [0.717, 1.165) is 5.56 Å². The monoisotopic (exact) mass is 317 g/mol. The van der Waals surface area contributed by atoms with Gasteiger partial charge in [0.25, 0.3) is 11.8 Å². The van der Waals surface area contributed by atoms with Crippen LogP contribution in [0.25, 0.3) is 0 Å². The van der Waals surface area contributed by atoms with Crippen LogP contribution in [-0.2, 0) is 4.79 Å². The van der Waals surface area contributed by atoms with Crippen LogP contribution in [0.15, 0.2) is 84.1 Å². The number of nitrogens with one attached hydrogen (secondary N) is 1. The number of amides is 2. The lowest BCUT2D eigenvalue weighted by molar-refractivity contribution is -0.113. The molecule has 1 N–H and O–H groups in total. The Morgan fingerprint density at radius 2 is 1.75 bits per heavy atom. The fourth-order valence-electron chi connectivity index (χ4n) is 2.28. The second-order valence-electron chi connectivity index (χ2n) is 5.16. The molecule has 0 atom stereocenters. The van der Waals surface area contributed by atoms with Crippen molar-refractivity contribution in [2.75, 3.05) is 4.90 Å². The smallest absolute Gasteiger partial charge is 0.271 e. The fourth-order valence-corrected chi connectivity index (χ4v) is 2.28. The van der Waals surface area contributed by atoms with Gasteiger partial charge in [0.2, 0.25) is 0 Å². The molecule has 24 heavy (non-hydrogen) atoms. The van der Waals surface area contributed by atoms with E-state index in [4.69, 9.17) is 0 Å². The maximum absolute atomic E-state index is 12.1. The molecule has 0 aliphatic carbocycles. The normalized spacial score (nSPS) is 13.8. The number of hydrogen-bond donors (Lipinski definition) is 1. The number of nitrogens with zero attached hydrogens (tertiary/aromatic N) is 2. The van der Waals surface area contributed by atoms with Crippen molar-refractivity contribution in [2.24, 2.45) is 5.10 Å². The number of carbonyl (C=O) groups is 2. The lowest BCUT2D eigenvalue weighted by Crippen LogP contribution is -2.23. The van der Waals surface area contributed by atoms with Crippen LogP contribution < -0.4 is 10.3 Å². The second kappa shape index (κ2) is 6.75. The second-order valence-corrected chi connectivity index (χ2v) is 5.16. The molecule has 0 saturated heterocycles. The summed E-state index contributed by atoms with van der Waals surface area (Å²) in [5, 5.41) is 3.93. The zero-order valence-electron chi connectivity index (χ0n) is 12.8. The Morgan fingerprint density at radius 1 is 1.04 bits per heavy atom. The molecule has 0 unspecified atom stereocenters. The van der Waals surface area contributed by atoms with Crippen molar-refractivity contribution in [3.63, 3.8) is 0 Å². The van der Waals surface area contributed by atoms with E-state index in [9.17, 15) is 9.59 Å². The first kappa shape index (κ1) is 15.4. The van der Waals surface area contributed by atoms with Crippen LogP contribution in [0.1, 0.15) is 15.9 Å². The number of anilines is 1. The van der Waals surface area contributed by atoms with Gasteiger partial charge in [-0.05, 0) is 35.9 Å². The molecule has 0 bridgehead atoms. The maximum Gasteiger partial charge on any atom is 0.271 e. The topological polar surface area (TPSA) is 61.8 Å². The average Bonchev–Trinajstić information content (AvgIpc) is 2.94. The first-order valence-electron chi connectivity index (χ1n) is 7.35. The highest BCUT2D eigenvalue weighted by Crippen LogP contribution is 2.24. The van der Waals surface area contributed by atoms with Crippen molar-refractivity contribution in [2.45, 2.75) is 0 Å².